The molecule has 0 bridgehead atoms. The average molecular weight is 335 g/mol. The number of hydrogen-bond acceptors (Lipinski definition) is 5. The van der Waals surface area contributed by atoms with E-state index in [9.17, 15) is 27.6 Å². The van der Waals surface area contributed by atoms with Crippen LogP contribution in [0.3, 0.4) is 0 Å². The van der Waals surface area contributed by atoms with E-state index in [1.807, 2.05) is 5.32 Å². The van der Waals surface area contributed by atoms with Gasteiger partial charge in [-0.15, -0.1) is 0 Å². The summed E-state index contributed by atoms with van der Waals surface area (Å²) in [6, 6.07) is 1.39. The van der Waals surface area contributed by atoms with Crippen LogP contribution in [-0.4, -0.2) is 23.4 Å². The van der Waals surface area contributed by atoms with Gasteiger partial charge >= 0.3 is 12.1 Å². The molecule has 1 aliphatic heterocycles. The molecule has 0 unspecified atom stereocenters. The van der Waals surface area contributed by atoms with Gasteiger partial charge in [-0.05, 0) is 12.1 Å². The fourth-order valence-corrected chi connectivity index (χ4v) is 1.97. The van der Waals surface area contributed by atoms with E-state index in [0.717, 1.165) is 13.0 Å². The third-order valence-corrected chi connectivity index (χ3v) is 2.92. The normalized spacial score (nSPS) is 16.3. The van der Waals surface area contributed by atoms with Crippen LogP contribution in [0.5, 0.6) is 0 Å². The highest BCUT2D eigenvalue weighted by atomic mass is 35.5. The first-order chi connectivity index (χ1) is 10.1. The Labute approximate surface area is 125 Å². The van der Waals surface area contributed by atoms with Crippen molar-refractivity contribution in [3.63, 3.8) is 0 Å². The van der Waals surface area contributed by atoms with Crippen LogP contribution < -0.4 is 5.32 Å². The number of halogens is 4. The Morgan fingerprint density at radius 3 is 2.50 bits per heavy atom. The van der Waals surface area contributed by atoms with E-state index >= 15 is 0 Å². The number of rotatable bonds is 1. The first-order valence-corrected chi connectivity index (χ1v) is 6.01. The summed E-state index contributed by atoms with van der Waals surface area (Å²) in [5, 5.41) is 4.51. The van der Waals surface area contributed by atoms with E-state index < -0.39 is 40.1 Å². The Bertz CT molecular complexity index is 728. The molecule has 0 aromatic heterocycles. The first kappa shape index (κ1) is 16.0. The van der Waals surface area contributed by atoms with Gasteiger partial charge in [0.2, 0.25) is 0 Å². The molecule has 1 aromatic carbocycles. The number of amides is 1. The zero-order valence-electron chi connectivity index (χ0n) is 10.7. The van der Waals surface area contributed by atoms with Gasteiger partial charge < -0.3 is 10.2 Å². The lowest BCUT2D eigenvalue weighted by molar-refractivity contribution is -0.141. The molecule has 22 heavy (non-hydrogen) atoms. The minimum atomic E-state index is -4.74. The number of oxime groups is 1. The van der Waals surface area contributed by atoms with E-state index in [4.69, 9.17) is 11.6 Å². The predicted molar refractivity (Wildman–Crippen MR) is 68.4 cm³/mol. The summed E-state index contributed by atoms with van der Waals surface area (Å²) in [6.07, 6.45) is -4.74. The molecule has 0 saturated heterocycles. The molecular weight excluding hydrogens is 329 g/mol. The lowest BCUT2D eigenvalue weighted by Crippen LogP contribution is -2.36. The van der Waals surface area contributed by atoms with Gasteiger partial charge in [0.15, 0.2) is 5.71 Å². The van der Waals surface area contributed by atoms with E-state index in [-0.39, 0.29) is 11.3 Å². The molecule has 1 heterocycles. The quantitative estimate of drug-likeness (QED) is 0.484. The SMILES string of the molecule is CC(=O)ON=C1C(=O)C(=O)Nc2cc(C(F)(F)F)c(Cl)cc21. The summed E-state index contributed by atoms with van der Waals surface area (Å²) in [7, 11) is 0. The molecule has 0 fully saturated rings. The summed E-state index contributed by atoms with van der Waals surface area (Å²) in [6.45, 7) is 0.998. The van der Waals surface area contributed by atoms with E-state index in [2.05, 4.69) is 9.99 Å². The third-order valence-electron chi connectivity index (χ3n) is 2.60. The van der Waals surface area contributed by atoms with Gasteiger partial charge in [0.05, 0.1) is 16.3 Å². The van der Waals surface area contributed by atoms with Crippen molar-refractivity contribution < 1.29 is 32.4 Å². The summed E-state index contributed by atoms with van der Waals surface area (Å²) in [5.74, 6) is -3.23. The van der Waals surface area contributed by atoms with Crippen molar-refractivity contribution in [1.29, 1.82) is 0 Å². The predicted octanol–water partition coefficient (Wildman–Crippen LogP) is 2.15. The maximum atomic E-state index is 12.8. The molecule has 1 aromatic rings. The highest BCUT2D eigenvalue weighted by Gasteiger charge is 2.38. The molecule has 1 N–H and O–H groups in total. The molecule has 0 aliphatic carbocycles. The number of ketones is 1. The lowest BCUT2D eigenvalue weighted by Gasteiger charge is -2.19. The van der Waals surface area contributed by atoms with E-state index in [1.54, 1.807) is 0 Å². The second kappa shape index (κ2) is 5.41. The Morgan fingerprint density at radius 1 is 1.32 bits per heavy atom. The van der Waals surface area contributed by atoms with Crippen molar-refractivity contribution in [2.45, 2.75) is 13.1 Å². The summed E-state index contributed by atoms with van der Waals surface area (Å²) in [4.78, 5) is 38.2. The number of anilines is 1. The topological polar surface area (TPSA) is 84.8 Å². The minimum Gasteiger partial charge on any atom is -0.318 e. The van der Waals surface area contributed by atoms with Crippen molar-refractivity contribution >= 4 is 40.7 Å². The number of Topliss-reactive ketones (excluding diaryl/α,β-unsaturated/α-hetero) is 1. The zero-order valence-corrected chi connectivity index (χ0v) is 11.5. The van der Waals surface area contributed by atoms with E-state index in [0.29, 0.717) is 6.07 Å². The van der Waals surface area contributed by atoms with Crippen molar-refractivity contribution in [3.05, 3.63) is 28.3 Å². The molecule has 0 atom stereocenters. The molecule has 10 heteroatoms. The van der Waals surface area contributed by atoms with Crippen LogP contribution in [-0.2, 0) is 25.4 Å². The highest BCUT2D eigenvalue weighted by Crippen LogP contribution is 2.38. The number of fused-ring (bicyclic) bond motifs is 1. The van der Waals surface area contributed by atoms with Crippen LogP contribution >= 0.6 is 11.6 Å². The fourth-order valence-electron chi connectivity index (χ4n) is 1.70. The number of nitrogens with one attached hydrogen (secondary N) is 1. The fraction of sp³-hybridized carbons (Fsp3) is 0.167. The second-order valence-corrected chi connectivity index (χ2v) is 4.59. The van der Waals surface area contributed by atoms with Crippen molar-refractivity contribution in [1.82, 2.24) is 0 Å². The molecule has 0 saturated carbocycles. The molecule has 0 radical (unpaired) electrons. The lowest BCUT2D eigenvalue weighted by atomic mass is 9.97. The maximum absolute atomic E-state index is 12.8. The second-order valence-electron chi connectivity index (χ2n) is 4.18. The average Bonchev–Trinajstić information content (AvgIpc) is 2.38. The van der Waals surface area contributed by atoms with E-state index in [1.165, 1.54) is 0 Å². The van der Waals surface area contributed by atoms with Crippen molar-refractivity contribution in [2.75, 3.05) is 5.32 Å². The van der Waals surface area contributed by atoms with Gasteiger partial charge in [-0.25, -0.2) is 4.79 Å². The van der Waals surface area contributed by atoms with Crippen LogP contribution in [0.4, 0.5) is 18.9 Å². The molecule has 6 nitrogen and oxygen atoms in total. The zero-order chi connectivity index (χ0) is 16.7. The van der Waals surface area contributed by atoms with Crippen LogP contribution in [0.15, 0.2) is 17.3 Å². The largest absolute Gasteiger partial charge is 0.417 e. The van der Waals surface area contributed by atoms with Gasteiger partial charge in [0.25, 0.3) is 11.7 Å². The standard InChI is InChI=1S/C12H6ClF3N2O4/c1-4(19)22-18-9-5-2-7(13)6(12(14,15)16)3-8(5)17-11(21)10(9)20/h2-3H,1H3,(H,17,21). The Kier molecular flexibility index (Phi) is 3.92. The summed E-state index contributed by atoms with van der Waals surface area (Å²) < 4.78 is 38.3. The van der Waals surface area contributed by atoms with Crippen molar-refractivity contribution in [2.24, 2.45) is 5.16 Å². The minimum absolute atomic E-state index is 0.177. The van der Waals surface area contributed by atoms with Gasteiger partial charge in [-0.1, -0.05) is 16.8 Å². The van der Waals surface area contributed by atoms with Crippen LogP contribution in [0.2, 0.25) is 5.02 Å². The number of carbonyl (C=O) groups is 3. The van der Waals surface area contributed by atoms with Crippen LogP contribution in [0.25, 0.3) is 0 Å². The number of benzene rings is 1. The van der Waals surface area contributed by atoms with Gasteiger partial charge in [-0.3, -0.25) is 9.59 Å². The number of carbonyl (C=O) groups excluding carboxylic acids is 3. The Balaban J connectivity index is 2.63. The highest BCUT2D eigenvalue weighted by molar-refractivity contribution is 6.72. The third kappa shape index (κ3) is 2.93. The van der Waals surface area contributed by atoms with Crippen molar-refractivity contribution in [3.8, 4) is 0 Å². The summed E-state index contributed by atoms with van der Waals surface area (Å²) >= 11 is 5.55. The van der Waals surface area contributed by atoms with Crippen LogP contribution in [0, 0.1) is 0 Å². The molecule has 1 aliphatic rings. The van der Waals surface area contributed by atoms with Crippen LogP contribution in [0.1, 0.15) is 18.1 Å². The van der Waals surface area contributed by atoms with Gasteiger partial charge in [0.1, 0.15) is 0 Å². The molecule has 2 rings (SSSR count). The number of hydrogen-bond donors (Lipinski definition) is 1. The Morgan fingerprint density at radius 2 is 1.95 bits per heavy atom. The monoisotopic (exact) mass is 334 g/mol. The summed E-state index contributed by atoms with van der Waals surface area (Å²) in [5.41, 5.74) is -2.28. The smallest absolute Gasteiger partial charge is 0.318 e. The first-order valence-electron chi connectivity index (χ1n) is 5.63. The maximum Gasteiger partial charge on any atom is 0.417 e. The van der Waals surface area contributed by atoms with Gasteiger partial charge in [0, 0.05) is 12.5 Å². The molecular formula is C12H6ClF3N2O4. The number of alkyl halides is 3. The molecule has 1 amide bonds. The van der Waals surface area contributed by atoms with Gasteiger partial charge in [-0.2, -0.15) is 13.2 Å². The Hall–Kier alpha value is -2.42. The number of nitrogens with zero attached hydrogens (tertiary/aromatic N) is 1. The molecule has 116 valence electrons. The molecule has 0 spiro atoms.